The smallest absolute Gasteiger partial charge is 0.257 e. The molecule has 0 aliphatic carbocycles. The first-order valence-electron chi connectivity index (χ1n) is 9.21. The number of halogens is 1. The van der Waals surface area contributed by atoms with Gasteiger partial charge in [-0.3, -0.25) is 14.9 Å². The highest BCUT2D eigenvalue weighted by molar-refractivity contribution is 9.10. The van der Waals surface area contributed by atoms with Crippen LogP contribution in [0.2, 0.25) is 0 Å². The summed E-state index contributed by atoms with van der Waals surface area (Å²) in [6.45, 7) is 5.57. The molecule has 2 amide bonds. The molecule has 0 spiro atoms. The molecule has 0 bridgehead atoms. The Morgan fingerprint density at radius 2 is 1.64 bits per heavy atom. The highest BCUT2D eigenvalue weighted by atomic mass is 79.9. The first-order valence-corrected chi connectivity index (χ1v) is 10.4. The molecule has 0 aliphatic heterocycles. The van der Waals surface area contributed by atoms with Gasteiger partial charge in [-0.15, -0.1) is 0 Å². The Balaban J connectivity index is 2.04. The van der Waals surface area contributed by atoms with E-state index in [0.29, 0.717) is 16.8 Å². The second-order valence-electron chi connectivity index (χ2n) is 6.29. The summed E-state index contributed by atoms with van der Waals surface area (Å²) in [5.74, 6) is -0.306. The maximum absolute atomic E-state index is 12.7. The topological polar surface area (TPSA) is 61.4 Å². The van der Waals surface area contributed by atoms with Crippen molar-refractivity contribution in [2.45, 2.75) is 26.7 Å². The van der Waals surface area contributed by atoms with Crippen LogP contribution in [0.1, 0.15) is 47.4 Å². The van der Waals surface area contributed by atoms with Crippen LogP contribution in [0.4, 0.5) is 5.69 Å². The lowest BCUT2D eigenvalue weighted by atomic mass is 10.1. The molecule has 0 unspecified atom stereocenters. The summed E-state index contributed by atoms with van der Waals surface area (Å²) in [5, 5.41) is 5.80. The molecule has 0 aliphatic rings. The van der Waals surface area contributed by atoms with Crippen LogP contribution < -0.4 is 10.6 Å². The van der Waals surface area contributed by atoms with Crippen LogP contribution in [0.25, 0.3) is 0 Å². The van der Waals surface area contributed by atoms with E-state index in [4.69, 9.17) is 12.2 Å². The zero-order chi connectivity index (χ0) is 20.5. The molecule has 0 aromatic heterocycles. The largest absolute Gasteiger partial charge is 0.339 e. The number of amides is 2. The Morgan fingerprint density at radius 3 is 2.29 bits per heavy atom. The zero-order valence-corrected chi connectivity index (χ0v) is 18.4. The lowest BCUT2D eigenvalue weighted by Gasteiger charge is -2.21. The van der Waals surface area contributed by atoms with Gasteiger partial charge in [0.1, 0.15) is 0 Å². The van der Waals surface area contributed by atoms with Crippen LogP contribution in [-0.4, -0.2) is 34.9 Å². The van der Waals surface area contributed by atoms with Gasteiger partial charge in [-0.2, -0.15) is 0 Å². The average Bonchev–Trinajstić information content (AvgIpc) is 2.67. The SMILES string of the molecule is CCCN(CCC)C(=O)c1cccc(NC(=S)NC(=O)c2cccc(Br)c2)c1. The molecule has 0 saturated heterocycles. The minimum Gasteiger partial charge on any atom is -0.339 e. The van der Waals surface area contributed by atoms with Gasteiger partial charge in [0, 0.05) is 34.4 Å². The molecular weight excluding hydrogens is 438 g/mol. The van der Waals surface area contributed by atoms with Crippen molar-refractivity contribution in [1.82, 2.24) is 10.2 Å². The van der Waals surface area contributed by atoms with Gasteiger partial charge in [-0.25, -0.2) is 0 Å². The number of anilines is 1. The fourth-order valence-electron chi connectivity index (χ4n) is 2.73. The summed E-state index contributed by atoms with van der Waals surface area (Å²) in [5.41, 5.74) is 1.74. The summed E-state index contributed by atoms with van der Waals surface area (Å²) in [7, 11) is 0. The van der Waals surface area contributed by atoms with Crippen molar-refractivity contribution in [2.24, 2.45) is 0 Å². The number of thiocarbonyl (C=S) groups is 1. The minimum absolute atomic E-state index is 0.00330. The van der Waals surface area contributed by atoms with Crippen molar-refractivity contribution in [3.05, 3.63) is 64.1 Å². The molecule has 0 heterocycles. The van der Waals surface area contributed by atoms with Crippen LogP contribution in [0.15, 0.2) is 53.0 Å². The number of hydrogen-bond donors (Lipinski definition) is 2. The summed E-state index contributed by atoms with van der Waals surface area (Å²) in [6, 6.07) is 14.2. The lowest BCUT2D eigenvalue weighted by Crippen LogP contribution is -2.34. The molecular formula is C21H24BrN3O2S. The van der Waals surface area contributed by atoms with E-state index in [1.165, 1.54) is 0 Å². The van der Waals surface area contributed by atoms with Gasteiger partial charge in [0.2, 0.25) is 0 Å². The highest BCUT2D eigenvalue weighted by Gasteiger charge is 2.15. The molecule has 2 rings (SSSR count). The van der Waals surface area contributed by atoms with E-state index in [1.54, 1.807) is 42.5 Å². The maximum atomic E-state index is 12.7. The first kappa shape index (κ1) is 22.0. The molecule has 7 heteroatoms. The van der Waals surface area contributed by atoms with Crippen LogP contribution in [0, 0.1) is 0 Å². The standard InChI is InChI=1S/C21H24BrN3O2S/c1-3-11-25(12-4-2)20(27)16-8-6-10-18(14-16)23-21(28)24-19(26)15-7-5-9-17(22)13-15/h5-10,13-14H,3-4,11-12H2,1-2H3,(H2,23,24,26,28). The maximum Gasteiger partial charge on any atom is 0.257 e. The summed E-state index contributed by atoms with van der Waals surface area (Å²) >= 11 is 8.58. The minimum atomic E-state index is -0.303. The molecule has 2 aromatic carbocycles. The van der Waals surface area contributed by atoms with Gasteiger partial charge in [0.05, 0.1) is 0 Å². The van der Waals surface area contributed by atoms with Crippen molar-refractivity contribution < 1.29 is 9.59 Å². The highest BCUT2D eigenvalue weighted by Crippen LogP contribution is 2.14. The Morgan fingerprint density at radius 1 is 1.00 bits per heavy atom. The molecule has 0 saturated carbocycles. The summed E-state index contributed by atoms with van der Waals surface area (Å²) in [4.78, 5) is 26.9. The second-order valence-corrected chi connectivity index (χ2v) is 7.62. The molecule has 0 atom stereocenters. The summed E-state index contributed by atoms with van der Waals surface area (Å²) in [6.07, 6.45) is 1.82. The Bertz CT molecular complexity index is 851. The lowest BCUT2D eigenvalue weighted by molar-refractivity contribution is 0.0755. The fraction of sp³-hybridized carbons (Fsp3) is 0.286. The van der Waals surface area contributed by atoms with Gasteiger partial charge in [0.15, 0.2) is 5.11 Å². The Hall–Kier alpha value is -2.25. The van der Waals surface area contributed by atoms with Crippen LogP contribution in [0.5, 0.6) is 0 Å². The zero-order valence-electron chi connectivity index (χ0n) is 16.0. The third-order valence-corrected chi connectivity index (χ3v) is 4.65. The van der Waals surface area contributed by atoms with Gasteiger partial charge < -0.3 is 10.2 Å². The predicted molar refractivity (Wildman–Crippen MR) is 121 cm³/mol. The fourth-order valence-corrected chi connectivity index (χ4v) is 3.34. The normalized spacial score (nSPS) is 10.2. The number of rotatable bonds is 7. The third-order valence-electron chi connectivity index (χ3n) is 3.96. The monoisotopic (exact) mass is 461 g/mol. The van der Waals surface area contributed by atoms with Gasteiger partial charge in [-0.1, -0.05) is 41.9 Å². The number of benzene rings is 2. The van der Waals surface area contributed by atoms with E-state index in [1.807, 2.05) is 11.0 Å². The summed E-state index contributed by atoms with van der Waals surface area (Å²) < 4.78 is 0.814. The number of nitrogens with zero attached hydrogens (tertiary/aromatic N) is 1. The first-order chi connectivity index (χ1) is 13.4. The Kier molecular flexibility index (Phi) is 8.60. The van der Waals surface area contributed by atoms with Crippen molar-refractivity contribution in [3.63, 3.8) is 0 Å². The second kappa shape index (κ2) is 10.9. The van der Waals surface area contributed by atoms with Crippen LogP contribution in [0.3, 0.4) is 0 Å². The van der Waals surface area contributed by atoms with E-state index in [0.717, 1.165) is 30.4 Å². The molecule has 28 heavy (non-hydrogen) atoms. The van der Waals surface area contributed by atoms with Crippen LogP contribution in [-0.2, 0) is 0 Å². The number of nitrogens with one attached hydrogen (secondary N) is 2. The van der Waals surface area contributed by atoms with E-state index in [-0.39, 0.29) is 16.9 Å². The van der Waals surface area contributed by atoms with Crippen molar-refractivity contribution in [1.29, 1.82) is 0 Å². The van der Waals surface area contributed by atoms with Crippen molar-refractivity contribution in [3.8, 4) is 0 Å². The molecule has 2 N–H and O–H groups in total. The van der Waals surface area contributed by atoms with E-state index < -0.39 is 0 Å². The van der Waals surface area contributed by atoms with Gasteiger partial charge >= 0.3 is 0 Å². The van der Waals surface area contributed by atoms with E-state index in [2.05, 4.69) is 40.4 Å². The molecule has 5 nitrogen and oxygen atoms in total. The third kappa shape index (κ3) is 6.42. The van der Waals surface area contributed by atoms with Crippen molar-refractivity contribution in [2.75, 3.05) is 18.4 Å². The molecule has 148 valence electrons. The average molecular weight is 462 g/mol. The molecule has 0 radical (unpaired) electrons. The predicted octanol–water partition coefficient (Wildman–Crippen LogP) is 4.84. The van der Waals surface area contributed by atoms with E-state index >= 15 is 0 Å². The van der Waals surface area contributed by atoms with Gasteiger partial charge in [0.25, 0.3) is 11.8 Å². The number of carbonyl (C=O) groups excluding carboxylic acids is 2. The van der Waals surface area contributed by atoms with Gasteiger partial charge in [-0.05, 0) is 61.5 Å². The van der Waals surface area contributed by atoms with Crippen LogP contribution >= 0.6 is 28.1 Å². The number of hydrogen-bond acceptors (Lipinski definition) is 3. The van der Waals surface area contributed by atoms with E-state index in [9.17, 15) is 9.59 Å². The number of carbonyl (C=O) groups is 2. The molecule has 2 aromatic rings. The quantitative estimate of drug-likeness (QED) is 0.579. The molecule has 0 fully saturated rings. The Labute approximate surface area is 179 Å². The van der Waals surface area contributed by atoms with Crippen molar-refractivity contribution >= 4 is 50.8 Å².